The normalized spacial score (nSPS) is 18.0. The highest BCUT2D eigenvalue weighted by molar-refractivity contribution is 7.16. The summed E-state index contributed by atoms with van der Waals surface area (Å²) in [7, 11) is 0. The van der Waals surface area contributed by atoms with Crippen molar-refractivity contribution in [2.45, 2.75) is 38.2 Å². The van der Waals surface area contributed by atoms with Crippen LogP contribution in [0.5, 0.6) is 0 Å². The Morgan fingerprint density at radius 3 is 2.81 bits per heavy atom. The number of amides is 1. The highest BCUT2D eigenvalue weighted by atomic mass is 35.5. The highest BCUT2D eigenvalue weighted by Crippen LogP contribution is 2.30. The Bertz CT molecular complexity index is 458. The summed E-state index contributed by atoms with van der Waals surface area (Å²) in [6.07, 6.45) is 2.99. The standard InChI is InChI=1S/C15H23ClN2O2S/c1-11(13-3-4-14(16)21-13)15(19)18-8-5-12(6-9-18)20-10-2-7-17/h3-4,11-12H,2,5-10,17H2,1H3. The Kier molecular flexibility index (Phi) is 6.48. The topological polar surface area (TPSA) is 55.6 Å². The van der Waals surface area contributed by atoms with E-state index in [-0.39, 0.29) is 17.9 Å². The first kappa shape index (κ1) is 16.7. The Morgan fingerprint density at radius 1 is 1.52 bits per heavy atom. The van der Waals surface area contributed by atoms with Crippen molar-refractivity contribution < 1.29 is 9.53 Å². The first-order valence-corrected chi connectivity index (χ1v) is 8.67. The molecule has 1 amide bonds. The van der Waals surface area contributed by atoms with Gasteiger partial charge in [0.15, 0.2) is 0 Å². The average Bonchev–Trinajstić information content (AvgIpc) is 2.93. The van der Waals surface area contributed by atoms with E-state index in [0.29, 0.717) is 6.54 Å². The van der Waals surface area contributed by atoms with Crippen LogP contribution in [0.25, 0.3) is 0 Å². The lowest BCUT2D eigenvalue weighted by Gasteiger charge is -2.33. The molecule has 2 rings (SSSR count). The fraction of sp³-hybridized carbons (Fsp3) is 0.667. The van der Waals surface area contributed by atoms with Crippen molar-refractivity contribution in [3.8, 4) is 0 Å². The van der Waals surface area contributed by atoms with E-state index in [2.05, 4.69) is 0 Å². The third-order valence-electron chi connectivity index (χ3n) is 3.85. The number of hydrogen-bond acceptors (Lipinski definition) is 4. The number of likely N-dealkylation sites (tertiary alicyclic amines) is 1. The zero-order valence-electron chi connectivity index (χ0n) is 12.4. The van der Waals surface area contributed by atoms with Crippen molar-refractivity contribution >= 4 is 28.8 Å². The number of carbonyl (C=O) groups is 1. The molecule has 0 aliphatic carbocycles. The van der Waals surface area contributed by atoms with Crippen molar-refractivity contribution in [3.05, 3.63) is 21.3 Å². The quantitative estimate of drug-likeness (QED) is 0.816. The summed E-state index contributed by atoms with van der Waals surface area (Å²) >= 11 is 7.43. The lowest BCUT2D eigenvalue weighted by Crippen LogP contribution is -2.42. The van der Waals surface area contributed by atoms with Crippen LogP contribution in [-0.2, 0) is 9.53 Å². The Morgan fingerprint density at radius 2 is 2.24 bits per heavy atom. The number of thiophene rings is 1. The molecule has 0 radical (unpaired) electrons. The van der Waals surface area contributed by atoms with Gasteiger partial charge in [0.1, 0.15) is 0 Å². The van der Waals surface area contributed by atoms with Crippen molar-refractivity contribution in [2.24, 2.45) is 5.73 Å². The minimum atomic E-state index is -0.114. The molecule has 1 unspecified atom stereocenters. The summed E-state index contributed by atoms with van der Waals surface area (Å²) in [5.41, 5.74) is 5.45. The van der Waals surface area contributed by atoms with E-state index in [4.69, 9.17) is 22.1 Å². The van der Waals surface area contributed by atoms with Crippen LogP contribution in [-0.4, -0.2) is 43.2 Å². The van der Waals surface area contributed by atoms with Crippen LogP contribution < -0.4 is 5.73 Å². The van der Waals surface area contributed by atoms with Crippen LogP contribution in [0.3, 0.4) is 0 Å². The largest absolute Gasteiger partial charge is 0.378 e. The summed E-state index contributed by atoms with van der Waals surface area (Å²) in [4.78, 5) is 15.5. The second kappa shape index (κ2) is 8.13. The number of piperidine rings is 1. The second-order valence-corrected chi connectivity index (χ2v) is 7.15. The van der Waals surface area contributed by atoms with Gasteiger partial charge in [-0.05, 0) is 44.9 Å². The number of ether oxygens (including phenoxy) is 1. The zero-order valence-corrected chi connectivity index (χ0v) is 14.0. The molecule has 2 N–H and O–H groups in total. The van der Waals surface area contributed by atoms with Gasteiger partial charge < -0.3 is 15.4 Å². The van der Waals surface area contributed by atoms with Crippen LogP contribution in [0.2, 0.25) is 4.34 Å². The molecule has 1 aromatic rings. The van der Waals surface area contributed by atoms with E-state index >= 15 is 0 Å². The van der Waals surface area contributed by atoms with Gasteiger partial charge in [0.2, 0.25) is 5.91 Å². The molecule has 1 aromatic heterocycles. The van der Waals surface area contributed by atoms with Crippen LogP contribution in [0.1, 0.15) is 37.0 Å². The molecule has 21 heavy (non-hydrogen) atoms. The molecule has 0 spiro atoms. The number of nitrogens with zero attached hydrogens (tertiary/aromatic N) is 1. The molecule has 4 nitrogen and oxygen atoms in total. The van der Waals surface area contributed by atoms with Crippen LogP contribution in [0, 0.1) is 0 Å². The number of halogens is 1. The molecule has 1 atom stereocenters. The Balaban J connectivity index is 1.80. The molecule has 0 saturated carbocycles. The van der Waals surface area contributed by atoms with Gasteiger partial charge in [-0.3, -0.25) is 4.79 Å². The number of rotatable bonds is 6. The van der Waals surface area contributed by atoms with Gasteiger partial charge in [-0.25, -0.2) is 0 Å². The fourth-order valence-corrected chi connectivity index (χ4v) is 3.64. The van der Waals surface area contributed by atoms with Gasteiger partial charge >= 0.3 is 0 Å². The SMILES string of the molecule is CC(C(=O)N1CCC(OCCCN)CC1)c1ccc(Cl)s1. The first-order valence-electron chi connectivity index (χ1n) is 7.47. The second-order valence-electron chi connectivity index (χ2n) is 5.40. The van der Waals surface area contributed by atoms with Crippen molar-refractivity contribution in [3.63, 3.8) is 0 Å². The lowest BCUT2D eigenvalue weighted by molar-refractivity contribution is -0.135. The summed E-state index contributed by atoms with van der Waals surface area (Å²) in [5, 5.41) is 0. The van der Waals surface area contributed by atoms with Gasteiger partial charge in [0.25, 0.3) is 0 Å². The van der Waals surface area contributed by atoms with E-state index in [1.165, 1.54) is 11.3 Å². The van der Waals surface area contributed by atoms with Gasteiger partial charge in [-0.1, -0.05) is 11.6 Å². The predicted molar refractivity (Wildman–Crippen MR) is 87.0 cm³/mol. The third kappa shape index (κ3) is 4.68. The van der Waals surface area contributed by atoms with Crippen molar-refractivity contribution in [2.75, 3.05) is 26.2 Å². The number of hydrogen-bond donors (Lipinski definition) is 1. The van der Waals surface area contributed by atoms with Gasteiger partial charge in [-0.2, -0.15) is 0 Å². The highest BCUT2D eigenvalue weighted by Gasteiger charge is 2.27. The molecular weight excluding hydrogens is 308 g/mol. The first-order chi connectivity index (χ1) is 10.1. The molecule has 2 heterocycles. The van der Waals surface area contributed by atoms with E-state index in [9.17, 15) is 4.79 Å². The van der Waals surface area contributed by atoms with E-state index < -0.39 is 0 Å². The minimum Gasteiger partial charge on any atom is -0.378 e. The monoisotopic (exact) mass is 330 g/mol. The average molecular weight is 331 g/mol. The summed E-state index contributed by atoms with van der Waals surface area (Å²) in [5.74, 6) is 0.0751. The lowest BCUT2D eigenvalue weighted by atomic mass is 10.0. The Labute approximate surface area is 135 Å². The molecule has 1 fully saturated rings. The number of carbonyl (C=O) groups excluding carboxylic acids is 1. The van der Waals surface area contributed by atoms with Crippen molar-refractivity contribution in [1.82, 2.24) is 4.90 Å². The van der Waals surface area contributed by atoms with E-state index in [1.54, 1.807) is 0 Å². The molecule has 0 aromatic carbocycles. The maximum atomic E-state index is 12.5. The Hall–Kier alpha value is -0.620. The molecule has 1 saturated heterocycles. The summed E-state index contributed by atoms with van der Waals surface area (Å²) < 4.78 is 6.50. The summed E-state index contributed by atoms with van der Waals surface area (Å²) in [6, 6.07) is 3.79. The van der Waals surface area contributed by atoms with E-state index in [1.807, 2.05) is 24.0 Å². The maximum Gasteiger partial charge on any atom is 0.230 e. The number of nitrogens with two attached hydrogens (primary N) is 1. The zero-order chi connectivity index (χ0) is 15.2. The van der Waals surface area contributed by atoms with Gasteiger partial charge in [0.05, 0.1) is 16.4 Å². The van der Waals surface area contributed by atoms with Crippen LogP contribution >= 0.6 is 22.9 Å². The maximum absolute atomic E-state index is 12.5. The molecule has 1 aliphatic heterocycles. The molecule has 0 bridgehead atoms. The summed E-state index contributed by atoms with van der Waals surface area (Å²) in [6.45, 7) is 4.89. The van der Waals surface area contributed by atoms with Crippen LogP contribution in [0.4, 0.5) is 0 Å². The van der Waals surface area contributed by atoms with E-state index in [0.717, 1.165) is 48.2 Å². The molecule has 6 heteroatoms. The molecule has 1 aliphatic rings. The van der Waals surface area contributed by atoms with Crippen molar-refractivity contribution in [1.29, 1.82) is 0 Å². The third-order valence-corrected chi connectivity index (χ3v) is 5.26. The molecular formula is C15H23ClN2O2S. The minimum absolute atomic E-state index is 0.114. The smallest absolute Gasteiger partial charge is 0.230 e. The fourth-order valence-electron chi connectivity index (χ4n) is 2.53. The molecule has 118 valence electrons. The van der Waals surface area contributed by atoms with Gasteiger partial charge in [0, 0.05) is 24.6 Å². The van der Waals surface area contributed by atoms with Crippen LogP contribution in [0.15, 0.2) is 12.1 Å². The predicted octanol–water partition coefficient (Wildman–Crippen LogP) is 2.86. The van der Waals surface area contributed by atoms with Gasteiger partial charge in [-0.15, -0.1) is 11.3 Å².